The first-order valence-electron chi connectivity index (χ1n) is 5.26. The Morgan fingerprint density at radius 3 is 1.29 bits per heavy atom. The zero-order valence-electron chi connectivity index (χ0n) is 9.80. The molecule has 0 saturated heterocycles. The summed E-state index contributed by atoms with van der Waals surface area (Å²) in [5.74, 6) is 0. The van der Waals surface area contributed by atoms with Gasteiger partial charge in [-0.3, -0.25) is 0 Å². The van der Waals surface area contributed by atoms with Crippen LogP contribution >= 0.6 is 0 Å². The van der Waals surface area contributed by atoms with Gasteiger partial charge in [-0.2, -0.15) is 0 Å². The Morgan fingerprint density at radius 1 is 0.786 bits per heavy atom. The molecule has 0 aromatic carbocycles. The molecule has 82 valence electrons. The highest BCUT2D eigenvalue weighted by Gasteiger charge is 2.18. The zero-order chi connectivity index (χ0) is 11.2. The van der Waals surface area contributed by atoms with E-state index in [0.717, 1.165) is 38.3 Å². The van der Waals surface area contributed by atoms with Gasteiger partial charge in [0, 0.05) is 10.8 Å². The first kappa shape index (κ1) is 13.3. The van der Waals surface area contributed by atoms with Gasteiger partial charge in [-0.15, -0.1) is 0 Å². The fourth-order valence-electron chi connectivity index (χ4n) is 1.28. The smallest absolute Gasteiger partial charge is 0.125 e. The molecule has 0 atom stereocenters. The highest BCUT2D eigenvalue weighted by atomic mass is 16.1. The molecule has 0 aliphatic heterocycles. The second-order valence-corrected chi connectivity index (χ2v) is 5.42. The van der Waals surface area contributed by atoms with Gasteiger partial charge in [0.05, 0.1) is 0 Å². The molecule has 0 heterocycles. The van der Waals surface area contributed by atoms with E-state index in [-0.39, 0.29) is 10.8 Å². The average Bonchev–Trinajstić information content (AvgIpc) is 2.13. The Kier molecular flexibility index (Phi) is 5.03. The number of rotatable bonds is 7. The van der Waals surface area contributed by atoms with Crippen molar-refractivity contribution in [1.29, 1.82) is 0 Å². The third-order valence-corrected chi connectivity index (χ3v) is 2.53. The number of unbranched alkanes of at least 4 members (excludes halogenated alkanes) is 1. The molecule has 2 nitrogen and oxygen atoms in total. The van der Waals surface area contributed by atoms with E-state index in [1.807, 2.05) is 27.7 Å². The van der Waals surface area contributed by atoms with E-state index in [2.05, 4.69) is 0 Å². The molecule has 0 aliphatic rings. The molecule has 0 aliphatic carbocycles. The predicted molar refractivity (Wildman–Crippen MR) is 58.2 cm³/mol. The van der Waals surface area contributed by atoms with Crippen molar-refractivity contribution in [2.45, 2.75) is 53.4 Å². The Labute approximate surface area is 87.1 Å². The summed E-state index contributed by atoms with van der Waals surface area (Å²) in [5, 5.41) is 0. The van der Waals surface area contributed by atoms with E-state index >= 15 is 0 Å². The lowest BCUT2D eigenvalue weighted by Crippen LogP contribution is -2.15. The van der Waals surface area contributed by atoms with Crippen LogP contribution in [-0.4, -0.2) is 12.6 Å². The van der Waals surface area contributed by atoms with Crippen molar-refractivity contribution in [1.82, 2.24) is 0 Å². The molecule has 0 saturated carbocycles. The van der Waals surface area contributed by atoms with E-state index in [9.17, 15) is 9.59 Å². The maximum absolute atomic E-state index is 10.6. The van der Waals surface area contributed by atoms with Gasteiger partial charge in [0.15, 0.2) is 0 Å². The van der Waals surface area contributed by atoms with Gasteiger partial charge in [0.25, 0.3) is 0 Å². The van der Waals surface area contributed by atoms with E-state index < -0.39 is 0 Å². The van der Waals surface area contributed by atoms with Crippen LogP contribution in [0.2, 0.25) is 0 Å². The second-order valence-electron chi connectivity index (χ2n) is 5.42. The molecule has 14 heavy (non-hydrogen) atoms. The van der Waals surface area contributed by atoms with Crippen molar-refractivity contribution < 1.29 is 9.59 Å². The highest BCUT2D eigenvalue weighted by molar-refractivity contribution is 5.58. The lowest BCUT2D eigenvalue weighted by Gasteiger charge is -2.19. The van der Waals surface area contributed by atoms with Crippen LogP contribution in [0.25, 0.3) is 0 Å². The summed E-state index contributed by atoms with van der Waals surface area (Å²) in [5.41, 5.74) is -0.406. The SMILES string of the molecule is CC(C)(C=O)CCCCC(C)(C)C=O. The van der Waals surface area contributed by atoms with Gasteiger partial charge in [0.1, 0.15) is 12.6 Å². The van der Waals surface area contributed by atoms with Gasteiger partial charge in [-0.25, -0.2) is 0 Å². The molecule has 0 amide bonds. The standard InChI is InChI=1S/C12H22O2/c1-11(2,9-13)7-5-6-8-12(3,4)10-14/h9-10H,5-8H2,1-4H3. The maximum Gasteiger partial charge on any atom is 0.125 e. The Balaban J connectivity index is 3.67. The third kappa shape index (κ3) is 5.90. The van der Waals surface area contributed by atoms with Crippen LogP contribution in [0, 0.1) is 10.8 Å². The number of hydrogen-bond donors (Lipinski definition) is 0. The quantitative estimate of drug-likeness (QED) is 0.465. The summed E-state index contributed by atoms with van der Waals surface area (Å²) in [6.07, 6.45) is 5.87. The fourth-order valence-corrected chi connectivity index (χ4v) is 1.28. The van der Waals surface area contributed by atoms with Crippen LogP contribution in [0.4, 0.5) is 0 Å². The largest absolute Gasteiger partial charge is 0.303 e. The van der Waals surface area contributed by atoms with Crippen molar-refractivity contribution in [3.63, 3.8) is 0 Å². The predicted octanol–water partition coefficient (Wildman–Crippen LogP) is 3.00. The molecule has 0 N–H and O–H groups in total. The van der Waals surface area contributed by atoms with Gasteiger partial charge >= 0.3 is 0 Å². The molecular weight excluding hydrogens is 176 g/mol. The molecule has 0 spiro atoms. The topological polar surface area (TPSA) is 34.1 Å². The number of hydrogen-bond acceptors (Lipinski definition) is 2. The van der Waals surface area contributed by atoms with Crippen molar-refractivity contribution in [2.75, 3.05) is 0 Å². The van der Waals surface area contributed by atoms with Gasteiger partial charge in [-0.1, -0.05) is 40.5 Å². The molecule has 0 aromatic heterocycles. The lowest BCUT2D eigenvalue weighted by atomic mass is 9.85. The Hall–Kier alpha value is -0.660. The molecule has 0 radical (unpaired) electrons. The van der Waals surface area contributed by atoms with Crippen LogP contribution in [0.15, 0.2) is 0 Å². The first-order chi connectivity index (χ1) is 6.33. The normalized spacial score (nSPS) is 12.6. The van der Waals surface area contributed by atoms with Crippen LogP contribution < -0.4 is 0 Å². The summed E-state index contributed by atoms with van der Waals surface area (Å²) in [6.45, 7) is 7.80. The molecule has 2 heteroatoms. The number of carbonyl (C=O) groups excluding carboxylic acids is 2. The van der Waals surface area contributed by atoms with E-state index in [0.29, 0.717) is 0 Å². The summed E-state index contributed by atoms with van der Waals surface area (Å²) in [7, 11) is 0. The average molecular weight is 198 g/mol. The van der Waals surface area contributed by atoms with Crippen LogP contribution in [0.5, 0.6) is 0 Å². The van der Waals surface area contributed by atoms with Crippen molar-refractivity contribution in [2.24, 2.45) is 10.8 Å². The second kappa shape index (κ2) is 5.28. The maximum atomic E-state index is 10.6. The van der Waals surface area contributed by atoms with Crippen LogP contribution in [-0.2, 0) is 9.59 Å². The molecule has 0 unspecified atom stereocenters. The molecule has 0 fully saturated rings. The molecular formula is C12H22O2. The Bertz CT molecular complexity index is 170. The van der Waals surface area contributed by atoms with Crippen molar-refractivity contribution in [3.8, 4) is 0 Å². The van der Waals surface area contributed by atoms with Crippen molar-refractivity contribution >= 4 is 12.6 Å². The minimum Gasteiger partial charge on any atom is -0.303 e. The highest BCUT2D eigenvalue weighted by Crippen LogP contribution is 2.25. The number of aldehydes is 2. The third-order valence-electron chi connectivity index (χ3n) is 2.53. The molecule has 0 aromatic rings. The summed E-state index contributed by atoms with van der Waals surface area (Å²) in [6, 6.07) is 0. The molecule has 0 bridgehead atoms. The molecule has 0 rings (SSSR count). The Morgan fingerprint density at radius 2 is 1.07 bits per heavy atom. The van der Waals surface area contributed by atoms with Crippen LogP contribution in [0.3, 0.4) is 0 Å². The minimum atomic E-state index is -0.203. The van der Waals surface area contributed by atoms with E-state index in [4.69, 9.17) is 0 Å². The number of carbonyl (C=O) groups is 2. The van der Waals surface area contributed by atoms with Crippen molar-refractivity contribution in [3.05, 3.63) is 0 Å². The summed E-state index contributed by atoms with van der Waals surface area (Å²) < 4.78 is 0. The van der Waals surface area contributed by atoms with Gasteiger partial charge < -0.3 is 9.59 Å². The zero-order valence-corrected chi connectivity index (χ0v) is 9.80. The first-order valence-corrected chi connectivity index (χ1v) is 5.26. The van der Waals surface area contributed by atoms with Crippen LogP contribution in [0.1, 0.15) is 53.4 Å². The lowest BCUT2D eigenvalue weighted by molar-refractivity contribution is -0.116. The van der Waals surface area contributed by atoms with E-state index in [1.54, 1.807) is 0 Å². The van der Waals surface area contributed by atoms with Gasteiger partial charge in [-0.05, 0) is 12.8 Å². The minimum absolute atomic E-state index is 0.203. The summed E-state index contributed by atoms with van der Waals surface area (Å²) >= 11 is 0. The van der Waals surface area contributed by atoms with Gasteiger partial charge in [0.2, 0.25) is 0 Å². The summed E-state index contributed by atoms with van der Waals surface area (Å²) in [4.78, 5) is 21.2. The van der Waals surface area contributed by atoms with E-state index in [1.165, 1.54) is 0 Å². The fraction of sp³-hybridized carbons (Fsp3) is 0.833. The monoisotopic (exact) mass is 198 g/mol.